The van der Waals surface area contributed by atoms with Gasteiger partial charge in [0.15, 0.2) is 0 Å². The second kappa shape index (κ2) is 5.59. The molecular weight excluding hydrogens is 191 g/mol. The Morgan fingerprint density at radius 1 is 1.20 bits per heavy atom. The molecule has 0 heterocycles. The lowest BCUT2D eigenvalue weighted by molar-refractivity contribution is 0.617. The molecular formula is C12H19FN2. The summed E-state index contributed by atoms with van der Waals surface area (Å²) in [6, 6.07) is 5.62. The zero-order valence-electron chi connectivity index (χ0n) is 9.68. The number of nitrogens with one attached hydrogen (secondary N) is 1. The van der Waals surface area contributed by atoms with Crippen LogP contribution in [0.5, 0.6) is 0 Å². The first-order valence-electron chi connectivity index (χ1n) is 5.51. The quantitative estimate of drug-likeness (QED) is 0.749. The topological polar surface area (TPSA) is 15.3 Å². The van der Waals surface area contributed by atoms with E-state index in [0.717, 1.165) is 25.2 Å². The van der Waals surface area contributed by atoms with Gasteiger partial charge >= 0.3 is 0 Å². The Labute approximate surface area is 91.0 Å². The average molecular weight is 210 g/mol. The molecule has 0 atom stereocenters. The van der Waals surface area contributed by atoms with E-state index in [0.29, 0.717) is 5.69 Å². The van der Waals surface area contributed by atoms with Crippen LogP contribution in [0, 0.1) is 0 Å². The maximum absolute atomic E-state index is 12.3. The van der Waals surface area contributed by atoms with Crippen molar-refractivity contribution >= 4 is 11.4 Å². The van der Waals surface area contributed by atoms with Crippen molar-refractivity contribution in [1.29, 1.82) is 0 Å². The highest BCUT2D eigenvalue weighted by Gasteiger charge is 2.08. The summed E-state index contributed by atoms with van der Waals surface area (Å²) in [4.78, 5) is 2.24. The lowest BCUT2D eigenvalue weighted by Crippen LogP contribution is -2.23. The molecule has 0 unspecified atom stereocenters. The smallest absolute Gasteiger partial charge is 0.0676 e. The van der Waals surface area contributed by atoms with Crippen LogP contribution in [0.15, 0.2) is 18.2 Å². The predicted octanol–water partition coefficient (Wildman–Crippen LogP) is 3.39. The molecule has 0 aromatic heterocycles. The fourth-order valence-corrected chi connectivity index (χ4v) is 1.78. The summed E-state index contributed by atoms with van der Waals surface area (Å²) >= 11 is 0. The number of halogens is 1. The molecule has 0 amide bonds. The van der Waals surface area contributed by atoms with Crippen LogP contribution in [-0.4, -0.2) is 13.1 Å². The van der Waals surface area contributed by atoms with Crippen molar-refractivity contribution in [3.8, 4) is 0 Å². The number of hydrogen-bond acceptors (Lipinski definition) is 2. The minimum absolute atomic E-state index is 0.522. The molecule has 0 spiro atoms. The molecule has 0 aliphatic rings. The van der Waals surface area contributed by atoms with Gasteiger partial charge in [0.2, 0.25) is 0 Å². The molecule has 1 aromatic rings. The molecule has 15 heavy (non-hydrogen) atoms. The molecule has 1 aromatic carbocycles. The maximum Gasteiger partial charge on any atom is 0.0676 e. The lowest BCUT2D eigenvalue weighted by Gasteiger charge is -2.24. The van der Waals surface area contributed by atoms with Gasteiger partial charge < -0.3 is 4.90 Å². The van der Waals surface area contributed by atoms with Crippen LogP contribution in [0.2, 0.25) is 0 Å². The van der Waals surface area contributed by atoms with Crippen molar-refractivity contribution in [2.24, 2.45) is 0 Å². The highest BCUT2D eigenvalue weighted by atomic mass is 19.2. The zero-order chi connectivity index (χ0) is 11.3. The summed E-state index contributed by atoms with van der Waals surface area (Å²) < 4.78 is 12.3. The summed E-state index contributed by atoms with van der Waals surface area (Å²) in [7, 11) is 0. The van der Waals surface area contributed by atoms with E-state index in [1.54, 1.807) is 11.6 Å². The van der Waals surface area contributed by atoms with Gasteiger partial charge in [0.05, 0.1) is 5.69 Å². The molecule has 0 aliphatic carbocycles. The van der Waals surface area contributed by atoms with Crippen molar-refractivity contribution < 1.29 is 4.48 Å². The molecule has 84 valence electrons. The Bertz CT molecular complexity index is 308. The molecule has 3 heteroatoms. The summed E-state index contributed by atoms with van der Waals surface area (Å²) in [5.41, 5.74) is 4.61. The molecule has 0 fully saturated rings. The van der Waals surface area contributed by atoms with Gasteiger partial charge in [-0.25, -0.2) is 5.54 Å². The Morgan fingerprint density at radius 3 is 2.33 bits per heavy atom. The number of hydrogen-bond donors (Lipinski definition) is 1. The van der Waals surface area contributed by atoms with Crippen LogP contribution < -0.4 is 10.4 Å². The number of anilines is 2. The van der Waals surface area contributed by atoms with Crippen LogP contribution >= 0.6 is 0 Å². The first-order chi connectivity index (χ1) is 7.26. The highest BCUT2D eigenvalue weighted by Crippen LogP contribution is 2.25. The summed E-state index contributed by atoms with van der Waals surface area (Å²) in [5.74, 6) is 0. The van der Waals surface area contributed by atoms with Gasteiger partial charge in [-0.05, 0) is 38.0 Å². The van der Waals surface area contributed by atoms with Gasteiger partial charge in [-0.15, -0.1) is 4.48 Å². The largest absolute Gasteiger partial charge is 0.372 e. The molecule has 2 nitrogen and oxygen atoms in total. The van der Waals surface area contributed by atoms with E-state index >= 15 is 0 Å². The van der Waals surface area contributed by atoms with E-state index in [-0.39, 0.29) is 0 Å². The normalized spacial score (nSPS) is 10.1. The fraction of sp³-hybridized carbons (Fsp3) is 0.500. The third kappa shape index (κ3) is 2.61. The van der Waals surface area contributed by atoms with E-state index in [1.807, 2.05) is 12.1 Å². The Balaban J connectivity index is 3.09. The molecule has 1 rings (SSSR count). The van der Waals surface area contributed by atoms with Crippen molar-refractivity contribution in [3.63, 3.8) is 0 Å². The van der Waals surface area contributed by atoms with Gasteiger partial charge in [-0.2, -0.15) is 0 Å². The third-order valence-corrected chi connectivity index (χ3v) is 2.68. The van der Waals surface area contributed by atoms with Gasteiger partial charge in [0, 0.05) is 18.8 Å². The summed E-state index contributed by atoms with van der Waals surface area (Å²) in [6.45, 7) is 8.22. The van der Waals surface area contributed by atoms with Crippen molar-refractivity contribution in [3.05, 3.63) is 23.8 Å². The molecule has 0 radical (unpaired) electrons. The van der Waals surface area contributed by atoms with E-state index in [4.69, 9.17) is 0 Å². The van der Waals surface area contributed by atoms with E-state index in [9.17, 15) is 4.48 Å². The van der Waals surface area contributed by atoms with Crippen LogP contribution in [0.3, 0.4) is 0 Å². The average Bonchev–Trinajstić information content (AvgIpc) is 2.30. The maximum atomic E-state index is 12.3. The van der Waals surface area contributed by atoms with Crippen LogP contribution in [-0.2, 0) is 6.42 Å². The summed E-state index contributed by atoms with van der Waals surface area (Å²) in [5, 5.41) is 0. The Hall–Kier alpha value is -1.25. The molecule has 0 saturated carbocycles. The number of nitrogens with zero attached hydrogens (tertiary/aromatic N) is 1. The van der Waals surface area contributed by atoms with E-state index < -0.39 is 0 Å². The van der Waals surface area contributed by atoms with Crippen molar-refractivity contribution in [2.45, 2.75) is 27.2 Å². The monoisotopic (exact) mass is 210 g/mol. The van der Waals surface area contributed by atoms with Gasteiger partial charge in [-0.1, -0.05) is 13.0 Å². The van der Waals surface area contributed by atoms with E-state index in [2.05, 4.69) is 25.7 Å². The minimum atomic E-state index is 0.522. The SMILES string of the molecule is CCc1ccc(NF)cc1N(CC)CC. The van der Waals surface area contributed by atoms with Gasteiger partial charge in [0.1, 0.15) is 0 Å². The standard InChI is InChI=1S/C12H19FN2/c1-4-10-7-8-11(14-13)9-12(10)15(5-2)6-3/h7-9,14H,4-6H2,1-3H3. The fourth-order valence-electron chi connectivity index (χ4n) is 1.78. The number of benzene rings is 1. The third-order valence-electron chi connectivity index (χ3n) is 2.68. The lowest BCUT2D eigenvalue weighted by atomic mass is 10.1. The predicted molar refractivity (Wildman–Crippen MR) is 64.1 cm³/mol. The minimum Gasteiger partial charge on any atom is -0.372 e. The number of aryl methyl sites for hydroxylation is 1. The molecule has 1 N–H and O–H groups in total. The van der Waals surface area contributed by atoms with Crippen molar-refractivity contribution in [2.75, 3.05) is 23.5 Å². The molecule has 0 bridgehead atoms. The van der Waals surface area contributed by atoms with Gasteiger partial charge in [-0.3, -0.25) is 0 Å². The first kappa shape index (κ1) is 11.8. The number of rotatable bonds is 5. The van der Waals surface area contributed by atoms with Gasteiger partial charge in [0.25, 0.3) is 0 Å². The zero-order valence-corrected chi connectivity index (χ0v) is 9.68. The highest BCUT2D eigenvalue weighted by molar-refractivity contribution is 5.62. The summed E-state index contributed by atoms with van der Waals surface area (Å²) in [6.07, 6.45) is 0.971. The molecule has 0 saturated heterocycles. The molecule has 0 aliphatic heterocycles. The van der Waals surface area contributed by atoms with Crippen LogP contribution in [0.25, 0.3) is 0 Å². The van der Waals surface area contributed by atoms with Crippen molar-refractivity contribution in [1.82, 2.24) is 0 Å². The first-order valence-corrected chi connectivity index (χ1v) is 5.51. The second-order valence-electron chi connectivity index (χ2n) is 3.46. The Morgan fingerprint density at radius 2 is 1.87 bits per heavy atom. The Kier molecular flexibility index (Phi) is 4.40. The van der Waals surface area contributed by atoms with Crippen LogP contribution in [0.4, 0.5) is 15.9 Å². The van der Waals surface area contributed by atoms with Crippen LogP contribution in [0.1, 0.15) is 26.3 Å². The van der Waals surface area contributed by atoms with E-state index in [1.165, 1.54) is 5.56 Å². The second-order valence-corrected chi connectivity index (χ2v) is 3.46.